The van der Waals surface area contributed by atoms with E-state index >= 15 is 0 Å². The van der Waals surface area contributed by atoms with Crippen molar-refractivity contribution < 1.29 is 27.5 Å². The number of hydrogen-bond acceptors (Lipinski definition) is 5. The zero-order chi connectivity index (χ0) is 31.7. The van der Waals surface area contributed by atoms with Gasteiger partial charge < -0.3 is 10.1 Å². The number of amides is 1. The van der Waals surface area contributed by atoms with E-state index in [4.69, 9.17) is 4.74 Å². The molecule has 5 rings (SSSR count). The molecule has 2 aliphatic carbocycles. The lowest BCUT2D eigenvalue weighted by Crippen LogP contribution is -2.30. The Morgan fingerprint density at radius 3 is 2.30 bits per heavy atom. The van der Waals surface area contributed by atoms with E-state index in [1.54, 1.807) is 12.1 Å². The lowest BCUT2D eigenvalue weighted by Gasteiger charge is -2.24. The Morgan fingerprint density at radius 2 is 1.68 bits per heavy atom. The minimum absolute atomic E-state index is 0.124. The molecule has 3 aromatic rings. The van der Waals surface area contributed by atoms with E-state index in [0.29, 0.717) is 23.7 Å². The van der Waals surface area contributed by atoms with Gasteiger partial charge in [-0.2, -0.15) is 18.3 Å². The van der Waals surface area contributed by atoms with Crippen LogP contribution in [0.4, 0.5) is 18.9 Å². The minimum atomic E-state index is -4.65. The van der Waals surface area contributed by atoms with Crippen LogP contribution in [-0.2, 0) is 33.5 Å². The maximum Gasteiger partial charge on any atom is 0.435 e. The largest absolute Gasteiger partial charge is 0.460 e. The third kappa shape index (κ3) is 7.57. The maximum atomic E-state index is 13.8. The van der Waals surface area contributed by atoms with E-state index in [1.807, 2.05) is 57.2 Å². The average molecular weight is 610 g/mol. The number of nitrogens with one attached hydrogen (secondary N) is 1. The summed E-state index contributed by atoms with van der Waals surface area (Å²) in [6, 6.07) is 16.2. The van der Waals surface area contributed by atoms with Crippen molar-refractivity contribution in [2.45, 2.75) is 90.0 Å². The van der Waals surface area contributed by atoms with Crippen molar-refractivity contribution in [1.82, 2.24) is 9.78 Å². The van der Waals surface area contributed by atoms with Crippen molar-refractivity contribution in [3.63, 3.8) is 0 Å². The van der Waals surface area contributed by atoms with E-state index < -0.39 is 34.4 Å². The highest BCUT2D eigenvalue weighted by Crippen LogP contribution is 2.50. The van der Waals surface area contributed by atoms with Crippen LogP contribution in [0.15, 0.2) is 65.5 Å². The molecule has 10 heteroatoms. The summed E-state index contributed by atoms with van der Waals surface area (Å²) in [6.07, 6.45) is 1.36. The Bertz CT molecular complexity index is 1560. The van der Waals surface area contributed by atoms with Crippen molar-refractivity contribution in [2.75, 3.05) is 5.32 Å². The van der Waals surface area contributed by atoms with Gasteiger partial charge in [0.1, 0.15) is 5.60 Å². The van der Waals surface area contributed by atoms with E-state index in [1.165, 1.54) is 0 Å². The van der Waals surface area contributed by atoms with Crippen LogP contribution in [0.2, 0.25) is 0 Å². The van der Waals surface area contributed by atoms with Gasteiger partial charge in [0.2, 0.25) is 5.91 Å². The number of aromatic nitrogens is 2. The van der Waals surface area contributed by atoms with Crippen LogP contribution >= 0.6 is 0 Å². The lowest BCUT2D eigenvalue weighted by molar-refractivity contribution is -0.161. The summed E-state index contributed by atoms with van der Waals surface area (Å²) in [5.41, 5.74) is 0.176. The normalized spacial score (nSPS) is 17.2. The monoisotopic (exact) mass is 609 g/mol. The molecule has 1 aromatic heterocycles. The van der Waals surface area contributed by atoms with Crippen LogP contribution in [-0.4, -0.2) is 27.3 Å². The molecule has 1 amide bonds. The van der Waals surface area contributed by atoms with Gasteiger partial charge >= 0.3 is 12.1 Å². The molecular weight excluding hydrogens is 571 g/mol. The molecular formula is C34H38F3N3O4. The highest BCUT2D eigenvalue weighted by molar-refractivity contribution is 5.96. The quantitative estimate of drug-likeness (QED) is 0.267. The standard InChI is InChI=1S/C34H38F3N3O4/c1-32(2,3)44-31(43)33(17-18-33)20-23-7-6-10-26(19-23)38-30(42)29(24-8-4-5-9-24)25-13-11-22(12-14-25)21-40-28(41)16-15-27(39-40)34(35,36)37/h6-7,10-16,19,24,29H,4-5,8-9,17-18,20-21H2,1-3H3,(H,38,42). The van der Waals surface area contributed by atoms with Crippen LogP contribution in [0.3, 0.4) is 0 Å². The Morgan fingerprint density at radius 1 is 1.00 bits per heavy atom. The molecule has 2 fully saturated rings. The number of benzene rings is 2. The molecule has 2 aliphatic rings. The molecule has 0 aliphatic heterocycles. The van der Waals surface area contributed by atoms with E-state index in [-0.39, 0.29) is 24.3 Å². The first-order valence-electron chi connectivity index (χ1n) is 15.1. The summed E-state index contributed by atoms with van der Waals surface area (Å²) in [5.74, 6) is -0.580. The van der Waals surface area contributed by atoms with Crippen molar-refractivity contribution in [3.8, 4) is 0 Å². The first-order valence-corrected chi connectivity index (χ1v) is 15.1. The highest BCUT2D eigenvalue weighted by Gasteiger charge is 2.52. The van der Waals surface area contributed by atoms with Crippen LogP contribution in [0.25, 0.3) is 0 Å². The molecule has 7 nitrogen and oxygen atoms in total. The van der Waals surface area contributed by atoms with Crippen molar-refractivity contribution in [1.29, 1.82) is 0 Å². The van der Waals surface area contributed by atoms with Gasteiger partial charge in [0.05, 0.1) is 17.9 Å². The third-order valence-corrected chi connectivity index (χ3v) is 8.40. The second kappa shape index (κ2) is 12.2. The Kier molecular flexibility index (Phi) is 8.73. The lowest BCUT2D eigenvalue weighted by atomic mass is 9.83. The number of carbonyl (C=O) groups excluding carboxylic acids is 2. The summed E-state index contributed by atoms with van der Waals surface area (Å²) in [6.45, 7) is 5.46. The Balaban J connectivity index is 1.31. The van der Waals surface area contributed by atoms with E-state index in [0.717, 1.165) is 60.4 Å². The van der Waals surface area contributed by atoms with Gasteiger partial charge in [0.15, 0.2) is 5.69 Å². The van der Waals surface area contributed by atoms with Gasteiger partial charge in [-0.05, 0) is 93.7 Å². The third-order valence-electron chi connectivity index (χ3n) is 8.40. The number of carbonyl (C=O) groups is 2. The first-order chi connectivity index (χ1) is 20.7. The van der Waals surface area contributed by atoms with Gasteiger partial charge in [-0.15, -0.1) is 0 Å². The van der Waals surface area contributed by atoms with Crippen molar-refractivity contribution in [2.24, 2.45) is 11.3 Å². The summed E-state index contributed by atoms with van der Waals surface area (Å²) in [7, 11) is 0. The van der Waals surface area contributed by atoms with Gasteiger partial charge in [0.25, 0.3) is 5.56 Å². The molecule has 1 N–H and O–H groups in total. The molecule has 2 aromatic carbocycles. The number of hydrogen-bond donors (Lipinski definition) is 1. The second-order valence-corrected chi connectivity index (χ2v) is 13.1. The summed E-state index contributed by atoms with van der Waals surface area (Å²) >= 11 is 0. The van der Waals surface area contributed by atoms with Gasteiger partial charge in [0, 0.05) is 11.8 Å². The SMILES string of the molecule is CC(C)(C)OC(=O)C1(Cc2cccc(NC(=O)C(c3ccc(Cn4nc(C(F)(F)F)ccc4=O)cc3)C3CCCC3)c2)CC1. The molecule has 2 saturated carbocycles. The minimum Gasteiger partial charge on any atom is -0.460 e. The molecule has 0 radical (unpaired) electrons. The van der Waals surface area contributed by atoms with E-state index in [9.17, 15) is 27.6 Å². The molecule has 234 valence electrons. The van der Waals surface area contributed by atoms with Crippen LogP contribution in [0.5, 0.6) is 0 Å². The number of nitrogens with zero attached hydrogens (tertiary/aromatic N) is 2. The number of halogens is 3. The van der Waals surface area contributed by atoms with E-state index in [2.05, 4.69) is 10.4 Å². The molecule has 0 saturated heterocycles. The fourth-order valence-electron chi connectivity index (χ4n) is 6.01. The molecule has 1 atom stereocenters. The molecule has 1 heterocycles. The number of ether oxygens (including phenoxy) is 1. The fourth-order valence-corrected chi connectivity index (χ4v) is 6.01. The number of alkyl halides is 3. The van der Waals surface area contributed by atoms with Crippen molar-refractivity contribution in [3.05, 3.63) is 93.4 Å². The Labute approximate surface area is 254 Å². The summed E-state index contributed by atoms with van der Waals surface area (Å²) < 4.78 is 45.8. The number of esters is 1. The zero-order valence-electron chi connectivity index (χ0n) is 25.2. The molecule has 44 heavy (non-hydrogen) atoms. The Hall–Kier alpha value is -3.95. The smallest absolute Gasteiger partial charge is 0.435 e. The fraction of sp³-hybridized carbons (Fsp3) is 0.471. The highest BCUT2D eigenvalue weighted by atomic mass is 19.4. The predicted octanol–water partition coefficient (Wildman–Crippen LogP) is 6.89. The average Bonchev–Trinajstić information content (AvgIpc) is 3.53. The summed E-state index contributed by atoms with van der Waals surface area (Å²) in [5, 5.41) is 6.58. The van der Waals surface area contributed by atoms with Crippen LogP contribution in [0, 0.1) is 11.3 Å². The summed E-state index contributed by atoms with van der Waals surface area (Å²) in [4.78, 5) is 38.8. The van der Waals surface area contributed by atoms with Crippen LogP contribution < -0.4 is 10.9 Å². The second-order valence-electron chi connectivity index (χ2n) is 13.1. The predicted molar refractivity (Wildman–Crippen MR) is 160 cm³/mol. The number of rotatable bonds is 9. The molecule has 0 spiro atoms. The van der Waals surface area contributed by atoms with Crippen molar-refractivity contribution >= 4 is 17.6 Å². The number of anilines is 1. The first kappa shape index (κ1) is 31.5. The van der Waals surface area contributed by atoms with Gasteiger partial charge in [-0.3, -0.25) is 14.4 Å². The topological polar surface area (TPSA) is 90.3 Å². The zero-order valence-corrected chi connectivity index (χ0v) is 25.2. The van der Waals surface area contributed by atoms with Gasteiger partial charge in [-0.1, -0.05) is 49.2 Å². The molecule has 1 unspecified atom stereocenters. The van der Waals surface area contributed by atoms with Crippen LogP contribution in [0.1, 0.15) is 87.6 Å². The maximum absolute atomic E-state index is 13.8. The molecule has 0 bridgehead atoms. The van der Waals surface area contributed by atoms with Gasteiger partial charge in [-0.25, -0.2) is 4.68 Å².